The Hall–Kier alpha value is -1.55. The van der Waals surface area contributed by atoms with Crippen LogP contribution in [0.25, 0.3) is 0 Å². The lowest BCUT2D eigenvalue weighted by atomic mass is 9.91. The van der Waals surface area contributed by atoms with Crippen molar-refractivity contribution in [2.75, 3.05) is 11.9 Å². The predicted octanol–water partition coefficient (Wildman–Crippen LogP) is 3.08. The highest BCUT2D eigenvalue weighted by molar-refractivity contribution is 6.30. The van der Waals surface area contributed by atoms with E-state index in [2.05, 4.69) is 10.6 Å². The maximum atomic E-state index is 11.6. The van der Waals surface area contributed by atoms with Gasteiger partial charge >= 0.3 is 6.03 Å². The van der Waals surface area contributed by atoms with Crippen LogP contribution in [0.2, 0.25) is 5.02 Å². The number of hydrogen-bond acceptors (Lipinski definition) is 2. The lowest BCUT2D eigenvalue weighted by molar-refractivity contribution is -0.125. The molecule has 0 aliphatic heterocycles. The molecule has 0 unspecified atom stereocenters. The van der Waals surface area contributed by atoms with Gasteiger partial charge in [0.25, 0.3) is 0 Å². The maximum absolute atomic E-state index is 11.6. The molecule has 0 aliphatic carbocycles. The zero-order valence-electron chi connectivity index (χ0n) is 10.7. The summed E-state index contributed by atoms with van der Waals surface area (Å²) in [4.78, 5) is 23.1. The Labute approximate surface area is 112 Å². The van der Waals surface area contributed by atoms with E-state index in [1.165, 1.54) is 0 Å². The molecular weight excluding hydrogens is 252 g/mol. The Morgan fingerprint density at radius 2 is 1.72 bits per heavy atom. The number of benzene rings is 1. The van der Waals surface area contributed by atoms with Crippen LogP contribution in [0.1, 0.15) is 20.8 Å². The van der Waals surface area contributed by atoms with Crippen LogP contribution < -0.4 is 10.6 Å². The summed E-state index contributed by atoms with van der Waals surface area (Å²) in [5, 5.41) is 5.74. The Balaban J connectivity index is 2.43. The molecule has 2 amide bonds. The van der Waals surface area contributed by atoms with E-state index in [1.54, 1.807) is 24.3 Å². The van der Waals surface area contributed by atoms with Gasteiger partial charge in [0.2, 0.25) is 0 Å². The summed E-state index contributed by atoms with van der Waals surface area (Å²) in [6.07, 6.45) is 0. The first-order valence-electron chi connectivity index (χ1n) is 5.63. The molecule has 0 bridgehead atoms. The van der Waals surface area contributed by atoms with Gasteiger partial charge in [-0.3, -0.25) is 4.79 Å². The molecule has 18 heavy (non-hydrogen) atoms. The third kappa shape index (κ3) is 4.75. The van der Waals surface area contributed by atoms with E-state index in [4.69, 9.17) is 11.6 Å². The zero-order chi connectivity index (χ0) is 13.8. The molecule has 0 spiro atoms. The number of amides is 2. The van der Waals surface area contributed by atoms with Gasteiger partial charge in [0.1, 0.15) is 0 Å². The molecule has 0 aromatic heterocycles. The Bertz CT molecular complexity index is 435. The fraction of sp³-hybridized carbons (Fsp3) is 0.385. The molecule has 0 fully saturated rings. The second-order valence-corrected chi connectivity index (χ2v) is 5.42. The van der Waals surface area contributed by atoms with E-state index in [1.807, 2.05) is 20.8 Å². The number of rotatable bonds is 3. The van der Waals surface area contributed by atoms with Crippen LogP contribution in [-0.4, -0.2) is 18.4 Å². The van der Waals surface area contributed by atoms with Crippen LogP contribution in [0.3, 0.4) is 0 Å². The molecule has 0 saturated carbocycles. The van der Waals surface area contributed by atoms with Gasteiger partial charge in [0.15, 0.2) is 5.78 Å². The van der Waals surface area contributed by atoms with Gasteiger partial charge in [0.05, 0.1) is 6.54 Å². The number of nitrogens with one attached hydrogen (secondary N) is 2. The molecule has 0 saturated heterocycles. The van der Waals surface area contributed by atoms with E-state index in [9.17, 15) is 9.59 Å². The monoisotopic (exact) mass is 268 g/mol. The molecule has 5 heteroatoms. The van der Waals surface area contributed by atoms with E-state index in [-0.39, 0.29) is 12.3 Å². The smallest absolute Gasteiger partial charge is 0.319 e. The molecule has 2 N–H and O–H groups in total. The maximum Gasteiger partial charge on any atom is 0.319 e. The van der Waals surface area contributed by atoms with Crippen LogP contribution in [0.5, 0.6) is 0 Å². The minimum absolute atomic E-state index is 0.0168. The fourth-order valence-corrected chi connectivity index (χ4v) is 1.26. The average molecular weight is 269 g/mol. The third-order valence-electron chi connectivity index (χ3n) is 2.35. The Morgan fingerprint density at radius 3 is 2.22 bits per heavy atom. The summed E-state index contributed by atoms with van der Waals surface area (Å²) in [6, 6.07) is 6.32. The normalized spacial score (nSPS) is 10.9. The largest absolute Gasteiger partial charge is 0.331 e. The van der Waals surface area contributed by atoms with Crippen LogP contribution >= 0.6 is 11.6 Å². The van der Waals surface area contributed by atoms with Crippen molar-refractivity contribution in [3.8, 4) is 0 Å². The van der Waals surface area contributed by atoms with E-state index < -0.39 is 11.4 Å². The SMILES string of the molecule is CC(C)(C)C(=O)CNC(=O)Nc1ccc(Cl)cc1. The summed E-state index contributed by atoms with van der Waals surface area (Å²) < 4.78 is 0. The second-order valence-electron chi connectivity index (χ2n) is 4.99. The molecule has 0 heterocycles. The number of halogens is 1. The number of urea groups is 1. The van der Waals surface area contributed by atoms with Crippen molar-refractivity contribution in [3.05, 3.63) is 29.3 Å². The number of carbonyl (C=O) groups is 2. The first-order valence-corrected chi connectivity index (χ1v) is 6.00. The van der Waals surface area contributed by atoms with Crippen molar-refractivity contribution in [1.82, 2.24) is 5.32 Å². The number of Topliss-reactive ketones (excluding diaryl/α,β-unsaturated/α-hetero) is 1. The fourth-order valence-electron chi connectivity index (χ4n) is 1.13. The molecule has 0 aliphatic rings. The molecule has 4 nitrogen and oxygen atoms in total. The summed E-state index contributed by atoms with van der Waals surface area (Å²) >= 11 is 5.73. The predicted molar refractivity (Wildman–Crippen MR) is 72.9 cm³/mol. The van der Waals surface area contributed by atoms with Gasteiger partial charge in [-0.1, -0.05) is 32.4 Å². The summed E-state index contributed by atoms with van der Waals surface area (Å²) in [6.45, 7) is 5.46. The van der Waals surface area contributed by atoms with Gasteiger partial charge in [-0.05, 0) is 24.3 Å². The van der Waals surface area contributed by atoms with Crippen LogP contribution in [0.4, 0.5) is 10.5 Å². The van der Waals surface area contributed by atoms with Crippen molar-refractivity contribution in [1.29, 1.82) is 0 Å². The summed E-state index contributed by atoms with van der Waals surface area (Å²) in [7, 11) is 0. The van der Waals surface area contributed by atoms with Crippen LogP contribution in [-0.2, 0) is 4.79 Å². The van der Waals surface area contributed by atoms with E-state index >= 15 is 0 Å². The van der Waals surface area contributed by atoms with E-state index in [0.29, 0.717) is 10.7 Å². The first-order chi connectivity index (χ1) is 8.29. The molecule has 1 rings (SSSR count). The summed E-state index contributed by atoms with van der Waals surface area (Å²) in [5.74, 6) is -0.0197. The molecule has 98 valence electrons. The number of ketones is 1. The van der Waals surface area contributed by atoms with Crippen molar-refractivity contribution < 1.29 is 9.59 Å². The number of carbonyl (C=O) groups excluding carboxylic acids is 2. The van der Waals surface area contributed by atoms with Gasteiger partial charge < -0.3 is 10.6 Å². The molecule has 1 aromatic rings. The van der Waals surface area contributed by atoms with Gasteiger partial charge in [0, 0.05) is 16.1 Å². The highest BCUT2D eigenvalue weighted by atomic mass is 35.5. The minimum Gasteiger partial charge on any atom is -0.331 e. The summed E-state index contributed by atoms with van der Waals surface area (Å²) in [5.41, 5.74) is 0.174. The first kappa shape index (κ1) is 14.5. The lowest BCUT2D eigenvalue weighted by Gasteiger charge is -2.16. The van der Waals surface area contributed by atoms with Crippen LogP contribution in [0.15, 0.2) is 24.3 Å². The quantitative estimate of drug-likeness (QED) is 0.885. The van der Waals surface area contributed by atoms with Crippen molar-refractivity contribution in [2.45, 2.75) is 20.8 Å². The van der Waals surface area contributed by atoms with Gasteiger partial charge in [-0.25, -0.2) is 4.79 Å². The zero-order valence-corrected chi connectivity index (χ0v) is 11.5. The lowest BCUT2D eigenvalue weighted by Crippen LogP contribution is -2.37. The number of hydrogen-bond donors (Lipinski definition) is 2. The van der Waals surface area contributed by atoms with Crippen molar-refractivity contribution >= 4 is 29.1 Å². The van der Waals surface area contributed by atoms with Crippen molar-refractivity contribution in [2.24, 2.45) is 5.41 Å². The Kier molecular flexibility index (Phi) is 4.73. The topological polar surface area (TPSA) is 58.2 Å². The standard InChI is InChI=1S/C13H17ClN2O2/c1-13(2,3)11(17)8-15-12(18)16-10-6-4-9(14)5-7-10/h4-7H,8H2,1-3H3,(H2,15,16,18). The highest BCUT2D eigenvalue weighted by Gasteiger charge is 2.21. The number of anilines is 1. The van der Waals surface area contributed by atoms with Crippen molar-refractivity contribution in [3.63, 3.8) is 0 Å². The highest BCUT2D eigenvalue weighted by Crippen LogP contribution is 2.14. The van der Waals surface area contributed by atoms with E-state index in [0.717, 1.165) is 0 Å². The molecule has 0 radical (unpaired) electrons. The second kappa shape index (κ2) is 5.87. The Morgan fingerprint density at radius 1 is 1.17 bits per heavy atom. The molecule has 0 atom stereocenters. The van der Waals surface area contributed by atoms with Gasteiger partial charge in [-0.15, -0.1) is 0 Å². The van der Waals surface area contributed by atoms with Gasteiger partial charge in [-0.2, -0.15) is 0 Å². The average Bonchev–Trinajstić information content (AvgIpc) is 2.28. The molecular formula is C13H17ClN2O2. The minimum atomic E-state index is -0.451. The molecule has 1 aromatic carbocycles. The third-order valence-corrected chi connectivity index (χ3v) is 2.60. The van der Waals surface area contributed by atoms with Crippen LogP contribution in [0, 0.1) is 5.41 Å².